The molecule has 8 heteroatoms. The van der Waals surface area contributed by atoms with Crippen molar-refractivity contribution in [2.75, 3.05) is 59.2 Å². The molecule has 2 amide bonds. The molecule has 0 aliphatic heterocycles. The highest BCUT2D eigenvalue weighted by Crippen LogP contribution is 2.14. The van der Waals surface area contributed by atoms with E-state index in [0.29, 0.717) is 43.0 Å². The Balaban J connectivity index is 3.12. The molecule has 0 aromatic heterocycles. The summed E-state index contributed by atoms with van der Waals surface area (Å²) < 4.78 is 0. The lowest BCUT2D eigenvalue weighted by Gasteiger charge is -2.20. The third-order valence-electron chi connectivity index (χ3n) is 6.04. The second kappa shape index (κ2) is 15.5. The summed E-state index contributed by atoms with van der Waals surface area (Å²) in [6.07, 6.45) is 0.340. The number of hydrogen-bond acceptors (Lipinski definition) is 6. The van der Waals surface area contributed by atoms with Gasteiger partial charge in [0, 0.05) is 29.7 Å². The Morgan fingerprint density at radius 1 is 0.606 bits per heavy atom. The van der Waals surface area contributed by atoms with E-state index >= 15 is 0 Å². The van der Waals surface area contributed by atoms with Crippen molar-refractivity contribution in [1.82, 2.24) is 25.3 Å². The van der Waals surface area contributed by atoms with Crippen LogP contribution in [0.1, 0.15) is 79.0 Å². The van der Waals surface area contributed by atoms with Crippen molar-refractivity contribution in [1.29, 1.82) is 0 Å². The molecule has 0 heterocycles. The van der Waals surface area contributed by atoms with Gasteiger partial charge in [0.1, 0.15) is 0 Å². The third-order valence-corrected chi connectivity index (χ3v) is 6.04. The van der Waals surface area contributed by atoms with E-state index in [4.69, 9.17) is 0 Å². The van der Waals surface area contributed by atoms with E-state index in [1.54, 1.807) is 18.2 Å². The molecule has 0 aliphatic rings. The zero-order valence-electron chi connectivity index (χ0n) is 21.4. The van der Waals surface area contributed by atoms with Crippen molar-refractivity contribution in [2.24, 2.45) is 0 Å². The zero-order valence-corrected chi connectivity index (χ0v) is 21.4. The SMILES string of the molecule is CCN(CC)CCC(=O)c1cc(C(=O)NCN(CC)CC)cc(C(=O)NCN(CC)CC)c1. The Kier molecular flexibility index (Phi) is 13.5. The number of nitrogens with zero attached hydrogens (tertiary/aromatic N) is 3. The van der Waals surface area contributed by atoms with Crippen LogP contribution in [-0.4, -0.2) is 91.4 Å². The zero-order chi connectivity index (χ0) is 24.8. The van der Waals surface area contributed by atoms with Gasteiger partial charge in [0.2, 0.25) is 0 Å². The summed E-state index contributed by atoms with van der Waals surface area (Å²) >= 11 is 0. The van der Waals surface area contributed by atoms with Crippen LogP contribution >= 0.6 is 0 Å². The molecule has 0 spiro atoms. The number of benzene rings is 1. The van der Waals surface area contributed by atoms with Crippen molar-refractivity contribution in [3.8, 4) is 0 Å². The molecule has 2 N–H and O–H groups in total. The Morgan fingerprint density at radius 3 is 1.33 bits per heavy atom. The average molecular weight is 462 g/mol. The number of nitrogens with one attached hydrogen (secondary N) is 2. The van der Waals surface area contributed by atoms with Crippen molar-refractivity contribution >= 4 is 17.6 Å². The molecule has 1 aromatic carbocycles. The number of carbonyl (C=O) groups is 3. The summed E-state index contributed by atoms with van der Waals surface area (Å²) in [5, 5.41) is 5.80. The van der Waals surface area contributed by atoms with E-state index in [0.717, 1.165) is 39.3 Å². The first-order valence-corrected chi connectivity index (χ1v) is 12.2. The topological polar surface area (TPSA) is 85.0 Å². The molecule has 0 aliphatic carbocycles. The molecule has 33 heavy (non-hydrogen) atoms. The van der Waals surface area contributed by atoms with Gasteiger partial charge in [-0.3, -0.25) is 24.2 Å². The fourth-order valence-electron chi connectivity index (χ4n) is 3.46. The Morgan fingerprint density at radius 2 is 0.970 bits per heavy atom. The molecule has 1 aromatic rings. The summed E-state index contributed by atoms with van der Waals surface area (Å²) in [5.41, 5.74) is 1.04. The molecular weight excluding hydrogens is 418 g/mol. The van der Waals surface area contributed by atoms with Gasteiger partial charge >= 0.3 is 0 Å². The minimum atomic E-state index is -0.293. The average Bonchev–Trinajstić information content (AvgIpc) is 2.85. The Bertz CT molecular complexity index is 644. The van der Waals surface area contributed by atoms with Crippen molar-refractivity contribution in [2.45, 2.75) is 48.0 Å². The smallest absolute Gasteiger partial charge is 0.252 e. The van der Waals surface area contributed by atoms with Crippen molar-refractivity contribution in [3.05, 3.63) is 34.9 Å². The molecule has 0 bridgehead atoms. The first-order chi connectivity index (χ1) is 15.8. The lowest BCUT2D eigenvalue weighted by molar-refractivity contribution is 0.0925. The summed E-state index contributed by atoms with van der Waals surface area (Å²) in [6.45, 7) is 18.7. The van der Waals surface area contributed by atoms with E-state index < -0.39 is 0 Å². The number of amides is 2. The van der Waals surface area contributed by atoms with E-state index in [1.165, 1.54) is 0 Å². The van der Waals surface area contributed by atoms with Crippen LogP contribution in [0, 0.1) is 0 Å². The Labute approximate surface area is 199 Å². The molecule has 1 rings (SSSR count). The fourth-order valence-corrected chi connectivity index (χ4v) is 3.46. The van der Waals surface area contributed by atoms with Gasteiger partial charge in [0.05, 0.1) is 13.3 Å². The summed E-state index contributed by atoms with van der Waals surface area (Å²) in [6, 6.07) is 4.77. The minimum Gasteiger partial charge on any atom is -0.339 e. The maximum absolute atomic E-state index is 12.9. The molecule has 0 fully saturated rings. The van der Waals surface area contributed by atoms with Gasteiger partial charge in [-0.15, -0.1) is 0 Å². The van der Waals surface area contributed by atoms with Crippen LogP contribution in [0.3, 0.4) is 0 Å². The van der Waals surface area contributed by atoms with Gasteiger partial charge in [0.15, 0.2) is 5.78 Å². The van der Waals surface area contributed by atoms with E-state index in [9.17, 15) is 14.4 Å². The van der Waals surface area contributed by atoms with Crippen LogP contribution in [0.5, 0.6) is 0 Å². The molecule has 0 saturated heterocycles. The van der Waals surface area contributed by atoms with E-state index in [2.05, 4.69) is 39.2 Å². The van der Waals surface area contributed by atoms with E-state index in [-0.39, 0.29) is 17.6 Å². The number of Topliss-reactive ketones (excluding diaryl/α,β-unsaturated/α-hetero) is 1. The lowest BCUT2D eigenvalue weighted by Crippen LogP contribution is -2.38. The van der Waals surface area contributed by atoms with Gasteiger partial charge in [-0.1, -0.05) is 41.5 Å². The Hall–Kier alpha value is -2.29. The largest absolute Gasteiger partial charge is 0.339 e. The van der Waals surface area contributed by atoms with Crippen LogP contribution < -0.4 is 10.6 Å². The number of ketones is 1. The first-order valence-electron chi connectivity index (χ1n) is 12.2. The quantitative estimate of drug-likeness (QED) is 0.291. The first kappa shape index (κ1) is 28.7. The van der Waals surface area contributed by atoms with Gasteiger partial charge in [0.25, 0.3) is 11.8 Å². The highest BCUT2D eigenvalue weighted by atomic mass is 16.2. The van der Waals surface area contributed by atoms with Crippen LogP contribution in [0.25, 0.3) is 0 Å². The summed E-state index contributed by atoms with van der Waals surface area (Å²) in [7, 11) is 0. The van der Waals surface area contributed by atoms with E-state index in [1.807, 2.05) is 27.7 Å². The second-order valence-corrected chi connectivity index (χ2v) is 7.93. The number of carbonyl (C=O) groups excluding carboxylic acids is 3. The molecule has 0 unspecified atom stereocenters. The molecule has 0 atom stereocenters. The van der Waals surface area contributed by atoms with Crippen molar-refractivity contribution in [3.63, 3.8) is 0 Å². The normalized spacial score (nSPS) is 11.3. The van der Waals surface area contributed by atoms with Crippen LogP contribution in [0.15, 0.2) is 18.2 Å². The standard InChI is InChI=1S/C25H43N5O3/c1-7-28(8-2)14-13-23(31)20-15-21(24(32)26-18-29(9-3)10-4)17-22(16-20)25(33)27-19-30(11-5)12-6/h15-17H,7-14,18-19H2,1-6H3,(H,26,32)(H,27,33). The fraction of sp³-hybridized carbons (Fsp3) is 0.640. The predicted molar refractivity (Wildman–Crippen MR) is 134 cm³/mol. The molecular formula is C25H43N5O3. The highest BCUT2D eigenvalue weighted by molar-refractivity contribution is 6.05. The van der Waals surface area contributed by atoms with Crippen LogP contribution in [-0.2, 0) is 0 Å². The number of rotatable bonds is 16. The lowest BCUT2D eigenvalue weighted by atomic mass is 10.00. The third kappa shape index (κ3) is 9.61. The second-order valence-electron chi connectivity index (χ2n) is 7.93. The molecule has 8 nitrogen and oxygen atoms in total. The van der Waals surface area contributed by atoms with Gasteiger partial charge in [-0.25, -0.2) is 0 Å². The maximum Gasteiger partial charge on any atom is 0.252 e. The highest BCUT2D eigenvalue weighted by Gasteiger charge is 2.17. The molecule has 0 saturated carbocycles. The van der Waals surface area contributed by atoms with Crippen LogP contribution in [0.2, 0.25) is 0 Å². The molecule has 0 radical (unpaired) electrons. The number of hydrogen-bond donors (Lipinski definition) is 2. The maximum atomic E-state index is 12.9. The van der Waals surface area contributed by atoms with Gasteiger partial charge in [-0.05, 0) is 57.5 Å². The summed E-state index contributed by atoms with van der Waals surface area (Å²) in [5.74, 6) is -0.658. The summed E-state index contributed by atoms with van der Waals surface area (Å²) in [4.78, 5) is 45.0. The minimum absolute atomic E-state index is 0.0712. The van der Waals surface area contributed by atoms with Crippen molar-refractivity contribution < 1.29 is 14.4 Å². The predicted octanol–water partition coefficient (Wildman–Crippen LogP) is 2.66. The van der Waals surface area contributed by atoms with Gasteiger partial charge < -0.3 is 15.5 Å². The molecule has 186 valence electrons. The van der Waals surface area contributed by atoms with Gasteiger partial charge in [-0.2, -0.15) is 0 Å². The van der Waals surface area contributed by atoms with Crippen LogP contribution in [0.4, 0.5) is 0 Å². The monoisotopic (exact) mass is 461 g/mol.